The number of benzene rings is 1. The van der Waals surface area contributed by atoms with E-state index in [1.54, 1.807) is 23.1 Å². The van der Waals surface area contributed by atoms with Gasteiger partial charge in [0.15, 0.2) is 0 Å². The molecule has 3 rings (SSSR count). The third kappa shape index (κ3) is 3.74. The predicted molar refractivity (Wildman–Crippen MR) is 98.5 cm³/mol. The second-order valence-electron chi connectivity index (χ2n) is 6.12. The van der Waals surface area contributed by atoms with Crippen LogP contribution in [0.3, 0.4) is 0 Å². The molecular formula is C19H19N3O5. The molecule has 2 N–H and O–H groups in total. The minimum atomic E-state index is -1.09. The number of amides is 2. The molecule has 1 aliphatic heterocycles. The van der Waals surface area contributed by atoms with E-state index in [1.165, 1.54) is 26.2 Å². The quantitative estimate of drug-likeness (QED) is 0.838. The molecule has 1 fully saturated rings. The predicted octanol–water partition coefficient (Wildman–Crippen LogP) is 2.48. The molecule has 1 aliphatic rings. The average Bonchev–Trinajstić information content (AvgIpc) is 3.06. The molecule has 1 saturated heterocycles. The molecule has 0 spiro atoms. The van der Waals surface area contributed by atoms with Gasteiger partial charge in [-0.25, -0.2) is 9.78 Å². The Labute approximate surface area is 155 Å². The summed E-state index contributed by atoms with van der Waals surface area (Å²) in [5.74, 6) is -1.04. The summed E-state index contributed by atoms with van der Waals surface area (Å²) in [6.07, 6.45) is 1.32. The van der Waals surface area contributed by atoms with Crippen LogP contribution in [0.5, 0.6) is 5.75 Å². The number of carbonyl (C=O) groups is 3. The Balaban J connectivity index is 1.81. The van der Waals surface area contributed by atoms with E-state index in [1.807, 2.05) is 0 Å². The van der Waals surface area contributed by atoms with Gasteiger partial charge >= 0.3 is 5.97 Å². The number of anilines is 2. The Morgan fingerprint density at radius 1 is 1.26 bits per heavy atom. The van der Waals surface area contributed by atoms with Gasteiger partial charge in [0, 0.05) is 24.7 Å². The second-order valence-corrected chi connectivity index (χ2v) is 6.12. The van der Waals surface area contributed by atoms with Crippen molar-refractivity contribution in [3.05, 3.63) is 47.3 Å². The van der Waals surface area contributed by atoms with Crippen LogP contribution in [-0.2, 0) is 4.79 Å². The molecule has 2 amide bonds. The maximum Gasteiger partial charge on any atom is 0.337 e. The van der Waals surface area contributed by atoms with Crippen LogP contribution in [0.2, 0.25) is 0 Å². The molecule has 140 valence electrons. The third-order valence-electron chi connectivity index (χ3n) is 4.35. The number of nitrogens with zero attached hydrogens (tertiary/aromatic N) is 2. The van der Waals surface area contributed by atoms with Crippen LogP contribution in [-0.4, -0.2) is 41.5 Å². The minimum absolute atomic E-state index is 0.0447. The first kappa shape index (κ1) is 18.4. The highest BCUT2D eigenvalue weighted by Gasteiger charge is 2.24. The Bertz CT molecular complexity index is 926. The zero-order chi connectivity index (χ0) is 19.6. The van der Waals surface area contributed by atoms with Crippen LogP contribution >= 0.6 is 0 Å². The van der Waals surface area contributed by atoms with Gasteiger partial charge in [-0.15, -0.1) is 0 Å². The summed E-state index contributed by atoms with van der Waals surface area (Å²) < 4.78 is 5.37. The lowest BCUT2D eigenvalue weighted by molar-refractivity contribution is -0.117. The minimum Gasteiger partial charge on any atom is -0.494 e. The third-order valence-corrected chi connectivity index (χ3v) is 4.35. The van der Waals surface area contributed by atoms with E-state index in [0.717, 1.165) is 6.42 Å². The molecule has 2 aromatic rings. The molecule has 1 aromatic carbocycles. The summed E-state index contributed by atoms with van der Waals surface area (Å²) >= 11 is 0. The van der Waals surface area contributed by atoms with Crippen molar-refractivity contribution in [3.8, 4) is 5.75 Å². The first-order chi connectivity index (χ1) is 12.9. The summed E-state index contributed by atoms with van der Waals surface area (Å²) in [6.45, 7) is 2.17. The fourth-order valence-electron chi connectivity index (χ4n) is 2.99. The number of nitrogens with one attached hydrogen (secondary N) is 1. The molecule has 8 heteroatoms. The van der Waals surface area contributed by atoms with E-state index in [0.29, 0.717) is 30.1 Å². The SMILES string of the molecule is COc1cc(NC(=O)c2ccc(C(=O)O)c(C)n2)ccc1N1CCCC1=O. The maximum absolute atomic E-state index is 12.4. The summed E-state index contributed by atoms with van der Waals surface area (Å²) in [5.41, 5.74) is 1.56. The molecule has 27 heavy (non-hydrogen) atoms. The lowest BCUT2D eigenvalue weighted by atomic mass is 10.2. The number of carboxylic acids is 1. The molecule has 1 aromatic heterocycles. The standard InChI is InChI=1S/C19H19N3O5/c1-11-13(19(25)26)6-7-14(20-11)18(24)21-12-5-8-15(16(10-12)27-2)22-9-3-4-17(22)23/h5-8,10H,3-4,9H2,1-2H3,(H,21,24)(H,25,26). The van der Waals surface area contributed by atoms with Crippen molar-refractivity contribution in [2.45, 2.75) is 19.8 Å². The molecular weight excluding hydrogens is 350 g/mol. The monoisotopic (exact) mass is 369 g/mol. The van der Waals surface area contributed by atoms with E-state index in [2.05, 4.69) is 10.3 Å². The van der Waals surface area contributed by atoms with Gasteiger partial charge < -0.3 is 20.1 Å². The number of pyridine rings is 1. The van der Waals surface area contributed by atoms with E-state index >= 15 is 0 Å². The highest BCUT2D eigenvalue weighted by Crippen LogP contribution is 2.33. The van der Waals surface area contributed by atoms with Gasteiger partial charge in [-0.3, -0.25) is 9.59 Å². The number of hydrogen-bond donors (Lipinski definition) is 2. The van der Waals surface area contributed by atoms with Gasteiger partial charge in [0.25, 0.3) is 5.91 Å². The Morgan fingerprint density at radius 3 is 2.63 bits per heavy atom. The second kappa shape index (κ2) is 7.45. The van der Waals surface area contributed by atoms with Crippen molar-refractivity contribution in [1.82, 2.24) is 4.98 Å². The van der Waals surface area contributed by atoms with Gasteiger partial charge in [0.1, 0.15) is 11.4 Å². The van der Waals surface area contributed by atoms with Crippen LogP contribution in [0, 0.1) is 6.92 Å². The Morgan fingerprint density at radius 2 is 2.04 bits per heavy atom. The van der Waals surface area contributed by atoms with Crippen molar-refractivity contribution >= 4 is 29.2 Å². The summed E-state index contributed by atoms with van der Waals surface area (Å²) in [6, 6.07) is 7.75. The number of hydrogen-bond acceptors (Lipinski definition) is 5. The fraction of sp³-hybridized carbons (Fsp3) is 0.263. The summed E-state index contributed by atoms with van der Waals surface area (Å²) in [4.78, 5) is 41.1. The highest BCUT2D eigenvalue weighted by atomic mass is 16.5. The summed E-state index contributed by atoms with van der Waals surface area (Å²) in [5, 5.41) is 11.7. The number of aryl methyl sites for hydroxylation is 1. The fourth-order valence-corrected chi connectivity index (χ4v) is 2.99. The van der Waals surface area contributed by atoms with Gasteiger partial charge in [0.2, 0.25) is 5.91 Å². The number of aromatic nitrogens is 1. The smallest absolute Gasteiger partial charge is 0.337 e. The van der Waals surface area contributed by atoms with E-state index in [9.17, 15) is 14.4 Å². The van der Waals surface area contributed by atoms with Crippen LogP contribution in [0.15, 0.2) is 30.3 Å². The first-order valence-electron chi connectivity index (χ1n) is 8.41. The zero-order valence-corrected chi connectivity index (χ0v) is 15.0. The van der Waals surface area contributed by atoms with E-state index in [4.69, 9.17) is 9.84 Å². The Kier molecular flexibility index (Phi) is 5.07. The van der Waals surface area contributed by atoms with E-state index in [-0.39, 0.29) is 22.9 Å². The van der Waals surface area contributed by atoms with Crippen LogP contribution in [0.25, 0.3) is 0 Å². The summed E-state index contributed by atoms with van der Waals surface area (Å²) in [7, 11) is 1.50. The van der Waals surface area contributed by atoms with Crippen LogP contribution < -0.4 is 15.0 Å². The van der Waals surface area contributed by atoms with Gasteiger partial charge in [0.05, 0.1) is 24.1 Å². The average molecular weight is 369 g/mol. The highest BCUT2D eigenvalue weighted by molar-refractivity contribution is 6.04. The normalized spacial score (nSPS) is 13.6. The van der Waals surface area contributed by atoms with Crippen molar-refractivity contribution in [2.24, 2.45) is 0 Å². The first-order valence-corrected chi connectivity index (χ1v) is 8.41. The number of carboxylic acid groups (broad SMARTS) is 1. The molecule has 0 saturated carbocycles. The number of carbonyl (C=O) groups excluding carboxylic acids is 2. The van der Waals surface area contributed by atoms with Gasteiger partial charge in [-0.2, -0.15) is 0 Å². The topological polar surface area (TPSA) is 109 Å². The number of methoxy groups -OCH3 is 1. The van der Waals surface area contributed by atoms with Crippen molar-refractivity contribution < 1.29 is 24.2 Å². The zero-order valence-electron chi connectivity index (χ0n) is 15.0. The number of aromatic carboxylic acids is 1. The molecule has 0 atom stereocenters. The molecule has 0 unspecified atom stereocenters. The van der Waals surface area contributed by atoms with Crippen molar-refractivity contribution in [3.63, 3.8) is 0 Å². The number of ether oxygens (including phenoxy) is 1. The van der Waals surface area contributed by atoms with Crippen LogP contribution in [0.4, 0.5) is 11.4 Å². The van der Waals surface area contributed by atoms with Gasteiger partial charge in [-0.1, -0.05) is 0 Å². The van der Waals surface area contributed by atoms with Gasteiger partial charge in [-0.05, 0) is 37.6 Å². The molecule has 2 heterocycles. The van der Waals surface area contributed by atoms with Crippen molar-refractivity contribution in [1.29, 1.82) is 0 Å². The molecule has 0 radical (unpaired) electrons. The molecule has 8 nitrogen and oxygen atoms in total. The lowest BCUT2D eigenvalue weighted by Gasteiger charge is -2.19. The Hall–Kier alpha value is -3.42. The molecule has 0 bridgehead atoms. The van der Waals surface area contributed by atoms with E-state index < -0.39 is 11.9 Å². The maximum atomic E-state index is 12.4. The van der Waals surface area contributed by atoms with Crippen LogP contribution in [0.1, 0.15) is 39.4 Å². The number of rotatable bonds is 5. The van der Waals surface area contributed by atoms with Crippen molar-refractivity contribution in [2.75, 3.05) is 23.9 Å². The largest absolute Gasteiger partial charge is 0.494 e. The molecule has 0 aliphatic carbocycles. The lowest BCUT2D eigenvalue weighted by Crippen LogP contribution is -2.24.